The van der Waals surface area contributed by atoms with Gasteiger partial charge in [-0.25, -0.2) is 0 Å². The van der Waals surface area contributed by atoms with Crippen LogP contribution in [-0.2, 0) is 0 Å². The monoisotopic (exact) mass is 407 g/mol. The van der Waals surface area contributed by atoms with Gasteiger partial charge in [-0.3, -0.25) is 4.90 Å². The summed E-state index contributed by atoms with van der Waals surface area (Å²) in [6.45, 7) is 1.96. The smallest absolute Gasteiger partial charge is 0.128 e. The zero-order valence-electron chi connectivity index (χ0n) is 17.9. The highest BCUT2D eigenvalue weighted by atomic mass is 16.5. The third-order valence-corrected chi connectivity index (χ3v) is 6.03. The van der Waals surface area contributed by atoms with E-state index >= 15 is 0 Å². The van der Waals surface area contributed by atoms with Gasteiger partial charge in [-0.2, -0.15) is 0 Å². The lowest BCUT2D eigenvalue weighted by Gasteiger charge is -2.36. The number of nitrogens with zero attached hydrogens (tertiary/aromatic N) is 1. The Morgan fingerprint density at radius 2 is 1.50 bits per heavy atom. The number of likely N-dealkylation sites (tertiary alicyclic amines) is 1. The Morgan fingerprint density at radius 1 is 0.767 bits per heavy atom. The number of methoxy groups -OCH3 is 3. The summed E-state index contributed by atoms with van der Waals surface area (Å²) in [5, 5.41) is 13.0. The molecule has 1 N–H and O–H groups in total. The Bertz CT molecular complexity index is 1030. The number of piperidine rings is 1. The van der Waals surface area contributed by atoms with Crippen molar-refractivity contribution in [1.82, 2.24) is 4.90 Å². The lowest BCUT2D eigenvalue weighted by Crippen LogP contribution is -2.34. The van der Waals surface area contributed by atoms with Gasteiger partial charge in [-0.05, 0) is 44.1 Å². The number of phenols is 1. The molecular formula is C25H29NO4. The first-order valence-electron chi connectivity index (χ1n) is 10.4. The van der Waals surface area contributed by atoms with Crippen LogP contribution in [0.3, 0.4) is 0 Å². The van der Waals surface area contributed by atoms with E-state index in [-0.39, 0.29) is 6.04 Å². The van der Waals surface area contributed by atoms with E-state index in [0.29, 0.717) is 5.75 Å². The maximum Gasteiger partial charge on any atom is 0.128 e. The minimum Gasteiger partial charge on any atom is -0.507 e. The van der Waals surface area contributed by atoms with Crippen molar-refractivity contribution in [3.63, 3.8) is 0 Å². The van der Waals surface area contributed by atoms with Crippen molar-refractivity contribution in [2.75, 3.05) is 34.4 Å². The first-order chi connectivity index (χ1) is 14.7. The standard InChI is InChI=1S/C25H29NO4/c1-28-17-10-11-20(23(16-17)30-3)24(26-14-5-4-6-15-26)21-13-12-18-19(25(21)27)8-7-9-22(18)29-2/h7-13,16,24,27H,4-6,14-15H2,1-3H3. The molecule has 1 saturated heterocycles. The van der Waals surface area contributed by atoms with Gasteiger partial charge < -0.3 is 19.3 Å². The molecule has 1 atom stereocenters. The molecule has 1 fully saturated rings. The van der Waals surface area contributed by atoms with Crippen molar-refractivity contribution in [3.8, 4) is 23.0 Å². The van der Waals surface area contributed by atoms with Crippen LogP contribution in [0.5, 0.6) is 23.0 Å². The molecule has 0 spiro atoms. The number of hydrogen-bond donors (Lipinski definition) is 1. The average molecular weight is 408 g/mol. The summed E-state index contributed by atoms with van der Waals surface area (Å²) in [4.78, 5) is 2.44. The van der Waals surface area contributed by atoms with Gasteiger partial charge in [0.05, 0.1) is 27.4 Å². The highest BCUT2D eigenvalue weighted by Crippen LogP contribution is 2.44. The molecule has 3 aromatic carbocycles. The second-order valence-corrected chi connectivity index (χ2v) is 7.67. The summed E-state index contributed by atoms with van der Waals surface area (Å²) >= 11 is 0. The maximum atomic E-state index is 11.3. The van der Waals surface area contributed by atoms with E-state index < -0.39 is 0 Å². The minimum absolute atomic E-state index is 0.109. The van der Waals surface area contributed by atoms with Crippen LogP contribution in [-0.4, -0.2) is 44.4 Å². The van der Waals surface area contributed by atoms with Crippen LogP contribution in [0.25, 0.3) is 10.8 Å². The van der Waals surface area contributed by atoms with Crippen LogP contribution >= 0.6 is 0 Å². The van der Waals surface area contributed by atoms with E-state index in [4.69, 9.17) is 14.2 Å². The third kappa shape index (κ3) is 3.65. The van der Waals surface area contributed by atoms with Gasteiger partial charge in [0, 0.05) is 28.0 Å². The van der Waals surface area contributed by atoms with Gasteiger partial charge in [0.15, 0.2) is 0 Å². The lowest BCUT2D eigenvalue weighted by atomic mass is 9.91. The van der Waals surface area contributed by atoms with E-state index in [9.17, 15) is 5.11 Å². The van der Waals surface area contributed by atoms with Crippen molar-refractivity contribution >= 4 is 10.8 Å². The zero-order chi connectivity index (χ0) is 21.1. The Hall–Kier alpha value is -2.92. The van der Waals surface area contributed by atoms with Crippen LogP contribution < -0.4 is 14.2 Å². The van der Waals surface area contributed by atoms with E-state index in [2.05, 4.69) is 4.90 Å². The van der Waals surface area contributed by atoms with Crippen LogP contribution in [0.4, 0.5) is 0 Å². The maximum absolute atomic E-state index is 11.3. The van der Waals surface area contributed by atoms with E-state index in [1.165, 1.54) is 6.42 Å². The highest BCUT2D eigenvalue weighted by Gasteiger charge is 2.29. The van der Waals surface area contributed by atoms with Crippen molar-refractivity contribution < 1.29 is 19.3 Å². The number of ether oxygens (including phenoxy) is 3. The van der Waals surface area contributed by atoms with Crippen molar-refractivity contribution in [1.29, 1.82) is 0 Å². The normalized spacial score (nSPS) is 15.7. The van der Waals surface area contributed by atoms with Gasteiger partial charge in [-0.1, -0.05) is 30.7 Å². The molecule has 5 heteroatoms. The fourth-order valence-corrected chi connectivity index (χ4v) is 4.51. The average Bonchev–Trinajstić information content (AvgIpc) is 2.81. The summed E-state index contributed by atoms with van der Waals surface area (Å²) in [7, 11) is 4.98. The molecule has 1 aliphatic heterocycles. The molecule has 5 nitrogen and oxygen atoms in total. The molecule has 0 amide bonds. The molecule has 3 aromatic rings. The molecule has 30 heavy (non-hydrogen) atoms. The summed E-state index contributed by atoms with van der Waals surface area (Å²) < 4.78 is 16.6. The summed E-state index contributed by atoms with van der Waals surface area (Å²) in [6.07, 6.45) is 3.54. The Labute approximate surface area is 177 Å². The Balaban J connectivity index is 1.90. The molecular weight excluding hydrogens is 378 g/mol. The SMILES string of the molecule is COc1ccc(C(c2ccc3c(OC)cccc3c2O)N2CCCCC2)c(OC)c1. The van der Waals surface area contributed by atoms with Crippen molar-refractivity contribution in [2.24, 2.45) is 0 Å². The second-order valence-electron chi connectivity index (χ2n) is 7.67. The summed E-state index contributed by atoms with van der Waals surface area (Å²) in [5.74, 6) is 2.56. The quantitative estimate of drug-likeness (QED) is 0.613. The van der Waals surface area contributed by atoms with Gasteiger partial charge in [0.1, 0.15) is 23.0 Å². The second kappa shape index (κ2) is 8.84. The Kier molecular flexibility index (Phi) is 6.00. The lowest BCUT2D eigenvalue weighted by molar-refractivity contribution is 0.182. The van der Waals surface area contributed by atoms with Crippen LogP contribution in [0.1, 0.15) is 36.4 Å². The van der Waals surface area contributed by atoms with Gasteiger partial charge in [0.25, 0.3) is 0 Å². The van der Waals surface area contributed by atoms with Crippen LogP contribution in [0.15, 0.2) is 48.5 Å². The van der Waals surface area contributed by atoms with Crippen molar-refractivity contribution in [2.45, 2.75) is 25.3 Å². The topological polar surface area (TPSA) is 51.2 Å². The van der Waals surface area contributed by atoms with E-state index in [1.807, 2.05) is 48.5 Å². The molecule has 0 aliphatic carbocycles. The fraction of sp³-hybridized carbons (Fsp3) is 0.360. The number of hydrogen-bond acceptors (Lipinski definition) is 5. The minimum atomic E-state index is -0.109. The number of aromatic hydroxyl groups is 1. The molecule has 158 valence electrons. The van der Waals surface area contributed by atoms with E-state index in [0.717, 1.165) is 65.1 Å². The fourth-order valence-electron chi connectivity index (χ4n) is 4.51. The zero-order valence-corrected chi connectivity index (χ0v) is 17.9. The largest absolute Gasteiger partial charge is 0.507 e. The number of fused-ring (bicyclic) bond motifs is 1. The number of phenolic OH excluding ortho intramolecular Hbond substituents is 1. The summed E-state index contributed by atoms with van der Waals surface area (Å²) in [5.41, 5.74) is 1.90. The molecule has 0 aromatic heterocycles. The molecule has 1 unspecified atom stereocenters. The van der Waals surface area contributed by atoms with Crippen LogP contribution in [0.2, 0.25) is 0 Å². The molecule has 0 saturated carbocycles. The van der Waals surface area contributed by atoms with Crippen LogP contribution in [0, 0.1) is 0 Å². The molecule has 1 heterocycles. The summed E-state index contributed by atoms with van der Waals surface area (Å²) in [6, 6.07) is 15.6. The Morgan fingerprint density at radius 3 is 2.20 bits per heavy atom. The van der Waals surface area contributed by atoms with E-state index in [1.54, 1.807) is 21.3 Å². The highest BCUT2D eigenvalue weighted by molar-refractivity contribution is 5.94. The molecule has 4 rings (SSSR count). The molecule has 1 aliphatic rings. The van der Waals surface area contributed by atoms with Crippen molar-refractivity contribution in [3.05, 3.63) is 59.7 Å². The molecule has 0 radical (unpaired) electrons. The van der Waals surface area contributed by atoms with Gasteiger partial charge in [0.2, 0.25) is 0 Å². The first-order valence-corrected chi connectivity index (χ1v) is 10.4. The third-order valence-electron chi connectivity index (χ3n) is 6.03. The molecule has 0 bridgehead atoms. The van der Waals surface area contributed by atoms with Gasteiger partial charge in [-0.15, -0.1) is 0 Å². The van der Waals surface area contributed by atoms with Gasteiger partial charge >= 0.3 is 0 Å². The number of benzene rings is 3. The first kappa shape index (κ1) is 20.4. The predicted molar refractivity (Wildman–Crippen MR) is 119 cm³/mol. The number of rotatable bonds is 6. The predicted octanol–water partition coefficient (Wildman–Crippen LogP) is 5.15.